The van der Waals surface area contributed by atoms with Gasteiger partial charge in [0.05, 0.1) is 0 Å². The summed E-state index contributed by atoms with van der Waals surface area (Å²) in [7, 11) is 0. The molecule has 0 aromatic heterocycles. The van der Waals surface area contributed by atoms with Crippen LogP contribution < -0.4 is 11.1 Å². The molecule has 3 N–H and O–H groups in total. The minimum atomic E-state index is 0.819. The molecule has 0 unspecified atom stereocenters. The highest BCUT2D eigenvalue weighted by atomic mass is 14.8. The van der Waals surface area contributed by atoms with Crippen LogP contribution in [0.2, 0.25) is 0 Å². The van der Waals surface area contributed by atoms with Crippen molar-refractivity contribution in [3.63, 3.8) is 0 Å². The summed E-state index contributed by atoms with van der Waals surface area (Å²) < 4.78 is 0. The summed E-state index contributed by atoms with van der Waals surface area (Å²) in [6.45, 7) is 9.26. The fourth-order valence-electron chi connectivity index (χ4n) is 0.250. The van der Waals surface area contributed by atoms with Gasteiger partial charge in [0.15, 0.2) is 12.1 Å². The Bertz CT molecular complexity index is 116. The molecule has 0 spiro atoms. The molecule has 0 aliphatic carbocycles. The van der Waals surface area contributed by atoms with E-state index in [9.17, 15) is 0 Å². The molecule has 0 rings (SSSR count). The largest absolute Gasteiger partial charge is 0.330 e. The highest BCUT2D eigenvalue weighted by Crippen LogP contribution is 1.57. The topological polar surface area (TPSA) is 85.6 Å². The van der Waals surface area contributed by atoms with E-state index in [4.69, 9.17) is 16.3 Å². The van der Waals surface area contributed by atoms with E-state index < -0.39 is 0 Å². The molecule has 0 saturated heterocycles. The van der Waals surface area contributed by atoms with Crippen LogP contribution in [0.1, 0.15) is 27.2 Å². The van der Waals surface area contributed by atoms with Crippen LogP contribution in [0.4, 0.5) is 0 Å². The minimum absolute atomic E-state index is 0.819. The molecule has 0 heterocycles. The summed E-state index contributed by atoms with van der Waals surface area (Å²) in [5.41, 5.74) is 5.03. The summed E-state index contributed by atoms with van der Waals surface area (Å²) in [6, 6.07) is 2.47. The van der Waals surface area contributed by atoms with Crippen molar-refractivity contribution in [2.24, 2.45) is 5.73 Å². The normalized spacial score (nSPS) is 6.31. The van der Waals surface area contributed by atoms with Gasteiger partial charge >= 0.3 is 0 Å². The van der Waals surface area contributed by atoms with Gasteiger partial charge in [-0.05, 0) is 26.1 Å². The molecule has 0 saturated carbocycles. The molecular formula is C9H20N4. The molecule has 4 nitrogen and oxygen atoms in total. The van der Waals surface area contributed by atoms with Gasteiger partial charge in [0.1, 0.15) is 0 Å². The van der Waals surface area contributed by atoms with Gasteiger partial charge in [-0.1, -0.05) is 20.8 Å². The Labute approximate surface area is 81.3 Å². The zero-order chi connectivity index (χ0) is 10.9. The summed E-state index contributed by atoms with van der Waals surface area (Å²) in [5, 5.41) is 17.6. The van der Waals surface area contributed by atoms with E-state index in [1.54, 1.807) is 0 Å². The third kappa shape index (κ3) is 103. The maximum Gasteiger partial charge on any atom is 0.181 e. The molecule has 13 heavy (non-hydrogen) atoms. The number of nitrogens with zero attached hydrogens (tertiary/aromatic N) is 2. The van der Waals surface area contributed by atoms with Gasteiger partial charge in [-0.2, -0.15) is 10.5 Å². The number of rotatable bonds is 3. The molecule has 0 fully saturated rings. The molecule has 0 aromatic rings. The van der Waals surface area contributed by atoms with Gasteiger partial charge in [-0.15, -0.1) is 0 Å². The molecule has 76 valence electrons. The Balaban J connectivity index is -0.000000117. The monoisotopic (exact) mass is 184 g/mol. The van der Waals surface area contributed by atoms with E-state index in [1.807, 2.05) is 0 Å². The fraction of sp³-hybridized carbons (Fsp3) is 0.778. The average molecular weight is 184 g/mol. The minimum Gasteiger partial charge on any atom is -0.330 e. The van der Waals surface area contributed by atoms with Crippen LogP contribution in [0.25, 0.3) is 0 Å². The summed E-state index contributed by atoms with van der Waals surface area (Å²) in [4.78, 5) is 0. The Morgan fingerprint density at radius 3 is 1.38 bits per heavy atom. The number of nitrogens with one attached hydrogen (secondary N) is 1. The van der Waals surface area contributed by atoms with Gasteiger partial charge in [0.2, 0.25) is 0 Å². The van der Waals surface area contributed by atoms with E-state index in [0.29, 0.717) is 0 Å². The maximum absolute atomic E-state index is 7.26. The zero-order valence-electron chi connectivity index (χ0n) is 8.80. The molecule has 0 atom stereocenters. The lowest BCUT2D eigenvalue weighted by Crippen LogP contribution is -2.09. The van der Waals surface area contributed by atoms with Crippen LogP contribution in [0, 0.1) is 22.7 Å². The van der Waals surface area contributed by atoms with Crippen LogP contribution in [-0.4, -0.2) is 19.6 Å². The third-order valence-corrected chi connectivity index (χ3v) is 0.839. The van der Waals surface area contributed by atoms with E-state index in [2.05, 4.69) is 26.1 Å². The summed E-state index contributed by atoms with van der Waals surface area (Å²) in [5.74, 6) is 0. The number of hydrogen-bond donors (Lipinski definition) is 2. The molecule has 0 amide bonds. The van der Waals surface area contributed by atoms with Gasteiger partial charge in [-0.3, -0.25) is 0 Å². The quantitative estimate of drug-likeness (QED) is 0.685. The molecule has 4 heteroatoms. The lowest BCUT2D eigenvalue weighted by Gasteiger charge is -1.86. The molecule has 0 aliphatic rings. The SMILES string of the molecule is CCCN.CCNCC.N#CC#N. The number of hydrogen-bond acceptors (Lipinski definition) is 4. The Morgan fingerprint density at radius 1 is 1.08 bits per heavy atom. The maximum atomic E-state index is 7.26. The first-order chi connectivity index (χ1) is 6.24. The fourth-order valence-corrected chi connectivity index (χ4v) is 0.250. The Kier molecular flexibility index (Phi) is 42.1. The van der Waals surface area contributed by atoms with Gasteiger partial charge in [0, 0.05) is 0 Å². The average Bonchev–Trinajstić information content (AvgIpc) is 2.20. The highest BCUT2D eigenvalue weighted by Gasteiger charge is 1.62. The first-order valence-corrected chi connectivity index (χ1v) is 4.43. The Hall–Kier alpha value is -1.10. The van der Waals surface area contributed by atoms with Crippen LogP contribution >= 0.6 is 0 Å². The van der Waals surface area contributed by atoms with Crippen molar-refractivity contribution in [2.75, 3.05) is 19.6 Å². The highest BCUT2D eigenvalue weighted by molar-refractivity contribution is 4.99. The van der Waals surface area contributed by atoms with Crippen molar-refractivity contribution < 1.29 is 0 Å². The summed E-state index contributed by atoms with van der Waals surface area (Å²) >= 11 is 0. The lowest BCUT2D eigenvalue weighted by molar-refractivity contribution is 0.762. The molecular weight excluding hydrogens is 164 g/mol. The van der Waals surface area contributed by atoms with Crippen LogP contribution in [0.3, 0.4) is 0 Å². The lowest BCUT2D eigenvalue weighted by atomic mass is 10.5. The first kappa shape index (κ1) is 17.8. The van der Waals surface area contributed by atoms with E-state index in [-0.39, 0.29) is 0 Å². The third-order valence-electron chi connectivity index (χ3n) is 0.839. The van der Waals surface area contributed by atoms with Crippen LogP contribution in [-0.2, 0) is 0 Å². The number of nitrogens with two attached hydrogens (primary N) is 1. The predicted molar refractivity (Wildman–Crippen MR) is 54.8 cm³/mol. The van der Waals surface area contributed by atoms with Crippen molar-refractivity contribution in [1.82, 2.24) is 5.32 Å². The molecule has 0 bridgehead atoms. The van der Waals surface area contributed by atoms with Crippen molar-refractivity contribution in [3.8, 4) is 12.1 Å². The van der Waals surface area contributed by atoms with Crippen LogP contribution in [0.15, 0.2) is 0 Å². The van der Waals surface area contributed by atoms with Gasteiger partial charge < -0.3 is 11.1 Å². The molecule has 0 aliphatic heterocycles. The van der Waals surface area contributed by atoms with Crippen molar-refractivity contribution in [1.29, 1.82) is 10.5 Å². The molecule has 0 aromatic carbocycles. The second kappa shape index (κ2) is 30.7. The second-order valence-electron chi connectivity index (χ2n) is 1.97. The van der Waals surface area contributed by atoms with Gasteiger partial charge in [0.25, 0.3) is 0 Å². The molecule has 0 radical (unpaired) electrons. The Morgan fingerprint density at radius 2 is 1.38 bits per heavy atom. The zero-order valence-corrected chi connectivity index (χ0v) is 8.80. The van der Waals surface area contributed by atoms with Crippen molar-refractivity contribution in [3.05, 3.63) is 0 Å². The first-order valence-electron chi connectivity index (χ1n) is 4.43. The number of nitriles is 2. The summed E-state index contributed by atoms with van der Waals surface area (Å²) in [6.07, 6.45) is 1.10. The van der Waals surface area contributed by atoms with Crippen LogP contribution in [0.5, 0.6) is 0 Å². The van der Waals surface area contributed by atoms with E-state index in [1.165, 1.54) is 12.1 Å². The van der Waals surface area contributed by atoms with E-state index in [0.717, 1.165) is 26.1 Å². The van der Waals surface area contributed by atoms with Crippen molar-refractivity contribution >= 4 is 0 Å². The second-order valence-corrected chi connectivity index (χ2v) is 1.97. The smallest absolute Gasteiger partial charge is 0.181 e. The van der Waals surface area contributed by atoms with Crippen molar-refractivity contribution in [2.45, 2.75) is 27.2 Å². The van der Waals surface area contributed by atoms with E-state index >= 15 is 0 Å². The standard InChI is InChI=1S/C4H11N.C3H9N.C2N2/c1-3-5-4-2;1-2-3-4;3-1-2-4/h5H,3-4H2,1-2H3;2-4H2,1H3;. The van der Waals surface area contributed by atoms with Gasteiger partial charge in [-0.25, -0.2) is 0 Å². The predicted octanol–water partition coefficient (Wildman–Crippen LogP) is 1.00.